The second-order valence-electron chi connectivity index (χ2n) is 11.3. The fraction of sp³-hybridized carbons (Fsp3) is 0.125. The van der Waals surface area contributed by atoms with Gasteiger partial charge in [0.25, 0.3) is 11.8 Å². The molecule has 0 aliphatic carbocycles. The molecule has 11 heteroatoms. The number of carbonyl (C=O) groups is 3. The van der Waals surface area contributed by atoms with Gasteiger partial charge < -0.3 is 23.7 Å². The summed E-state index contributed by atoms with van der Waals surface area (Å²) >= 11 is 6.64. The smallest absolute Gasteiger partial charge is 0.335 e. The van der Waals surface area contributed by atoms with Crippen LogP contribution in [0.5, 0.6) is 28.7 Å². The number of methoxy groups -OCH3 is 2. The number of nitrogens with one attached hydrogen (secondary N) is 1. The first kappa shape index (κ1) is 34.6. The maximum absolute atomic E-state index is 13.5. The quantitative estimate of drug-likeness (QED) is 0.0978. The fourth-order valence-electron chi connectivity index (χ4n) is 5.27. The lowest BCUT2D eigenvalue weighted by Gasteiger charge is -2.26. The van der Waals surface area contributed by atoms with Crippen LogP contribution in [0.3, 0.4) is 0 Å². The van der Waals surface area contributed by atoms with Crippen molar-refractivity contribution in [1.82, 2.24) is 5.32 Å². The third kappa shape index (κ3) is 8.31. The lowest BCUT2D eigenvalue weighted by atomic mass is 10.1. The number of halogens is 1. The van der Waals surface area contributed by atoms with Crippen LogP contribution in [0.25, 0.3) is 6.08 Å². The van der Waals surface area contributed by atoms with E-state index in [0.29, 0.717) is 36.0 Å². The third-order valence-electron chi connectivity index (χ3n) is 7.86. The molecule has 1 aliphatic heterocycles. The molecule has 0 unspecified atom stereocenters. The topological polar surface area (TPSA) is 113 Å². The van der Waals surface area contributed by atoms with Crippen LogP contribution in [0.1, 0.15) is 22.3 Å². The van der Waals surface area contributed by atoms with Gasteiger partial charge in [-0.2, -0.15) is 0 Å². The molecular formula is C40H33ClN2O8. The molecule has 0 aromatic heterocycles. The van der Waals surface area contributed by atoms with Crippen molar-refractivity contribution in [3.05, 3.63) is 148 Å². The van der Waals surface area contributed by atoms with E-state index in [9.17, 15) is 14.4 Å². The van der Waals surface area contributed by atoms with Crippen LogP contribution in [0.4, 0.5) is 10.5 Å². The zero-order chi connectivity index (χ0) is 35.7. The average Bonchev–Trinajstić information content (AvgIpc) is 3.15. The van der Waals surface area contributed by atoms with Gasteiger partial charge >= 0.3 is 6.03 Å². The predicted molar refractivity (Wildman–Crippen MR) is 192 cm³/mol. The van der Waals surface area contributed by atoms with Crippen molar-refractivity contribution in [3.8, 4) is 28.7 Å². The Balaban J connectivity index is 1.15. The number of hydrogen-bond donors (Lipinski definition) is 1. The summed E-state index contributed by atoms with van der Waals surface area (Å²) in [6.07, 6.45) is 1.34. The van der Waals surface area contributed by atoms with E-state index in [1.807, 2.05) is 78.9 Å². The summed E-state index contributed by atoms with van der Waals surface area (Å²) < 4.78 is 28.9. The number of amides is 4. The van der Waals surface area contributed by atoms with Gasteiger partial charge in [-0.25, -0.2) is 9.69 Å². The molecule has 0 bridgehead atoms. The van der Waals surface area contributed by atoms with Gasteiger partial charge in [-0.3, -0.25) is 14.9 Å². The molecule has 4 amide bonds. The molecule has 1 saturated heterocycles. The first-order valence-corrected chi connectivity index (χ1v) is 16.2. The summed E-state index contributed by atoms with van der Waals surface area (Å²) in [5.41, 5.74) is 3.18. The zero-order valence-electron chi connectivity index (χ0n) is 27.8. The van der Waals surface area contributed by atoms with E-state index in [1.165, 1.54) is 19.3 Å². The van der Waals surface area contributed by atoms with Gasteiger partial charge in [0.1, 0.15) is 31.1 Å². The summed E-state index contributed by atoms with van der Waals surface area (Å²) in [6, 6.07) is 33.6. The van der Waals surface area contributed by atoms with Crippen molar-refractivity contribution in [3.63, 3.8) is 0 Å². The van der Waals surface area contributed by atoms with Crippen LogP contribution in [0.2, 0.25) is 5.02 Å². The van der Waals surface area contributed by atoms with Gasteiger partial charge in [0.2, 0.25) is 0 Å². The minimum Gasteiger partial charge on any atom is -0.493 e. The van der Waals surface area contributed by atoms with Crippen molar-refractivity contribution in [2.45, 2.75) is 19.8 Å². The Kier molecular flexibility index (Phi) is 10.8. The average molecular weight is 705 g/mol. The monoisotopic (exact) mass is 704 g/mol. The molecule has 51 heavy (non-hydrogen) atoms. The summed E-state index contributed by atoms with van der Waals surface area (Å²) in [4.78, 5) is 40.1. The molecule has 0 radical (unpaired) electrons. The molecule has 0 spiro atoms. The number of nitrogens with zero attached hydrogens (tertiary/aromatic N) is 1. The minimum absolute atomic E-state index is 0.125. The first-order valence-electron chi connectivity index (χ1n) is 15.8. The standard InChI is InChI=1S/C40H33ClN2O8/c1-47-35-21-28(13-18-34(35)50-24-27-11-7-4-8-12-27)25-51-37-33(41)20-29(22-36(37)48-2)19-32-38(44)42-40(46)43(39(32)45)30-14-16-31(17-15-30)49-23-26-9-5-3-6-10-26/h3-22H,23-25H2,1-2H3,(H,42,44,46)/b32-19-. The summed E-state index contributed by atoms with van der Waals surface area (Å²) in [5, 5.41) is 2.41. The van der Waals surface area contributed by atoms with E-state index in [1.54, 1.807) is 37.4 Å². The second-order valence-corrected chi connectivity index (χ2v) is 11.7. The van der Waals surface area contributed by atoms with Gasteiger partial charge in [0.05, 0.1) is 24.9 Å². The van der Waals surface area contributed by atoms with E-state index < -0.39 is 17.8 Å². The maximum Gasteiger partial charge on any atom is 0.335 e. The lowest BCUT2D eigenvalue weighted by molar-refractivity contribution is -0.122. The molecule has 0 atom stereocenters. The van der Waals surface area contributed by atoms with Crippen LogP contribution >= 0.6 is 11.6 Å². The number of urea groups is 1. The highest BCUT2D eigenvalue weighted by Crippen LogP contribution is 2.38. The highest BCUT2D eigenvalue weighted by molar-refractivity contribution is 6.39. The molecule has 6 rings (SSSR count). The Morgan fingerprint density at radius 2 is 1.27 bits per heavy atom. The number of carbonyl (C=O) groups excluding carboxylic acids is 3. The number of hydrogen-bond acceptors (Lipinski definition) is 8. The molecule has 258 valence electrons. The second kappa shape index (κ2) is 16.0. The molecule has 1 aliphatic rings. The Labute approximate surface area is 299 Å². The number of imide groups is 2. The minimum atomic E-state index is -0.869. The van der Waals surface area contributed by atoms with Gasteiger partial charge in [-0.15, -0.1) is 0 Å². The van der Waals surface area contributed by atoms with E-state index in [-0.39, 0.29) is 34.4 Å². The number of rotatable bonds is 13. The van der Waals surface area contributed by atoms with Crippen molar-refractivity contribution < 1.29 is 38.1 Å². The van der Waals surface area contributed by atoms with Crippen molar-refractivity contribution in [1.29, 1.82) is 0 Å². The molecule has 1 fully saturated rings. The molecular weight excluding hydrogens is 672 g/mol. The van der Waals surface area contributed by atoms with Crippen molar-refractivity contribution >= 4 is 41.2 Å². The van der Waals surface area contributed by atoms with Crippen LogP contribution in [0.15, 0.2) is 121 Å². The molecule has 10 nitrogen and oxygen atoms in total. The number of ether oxygens (including phenoxy) is 5. The molecule has 5 aromatic carbocycles. The van der Waals surface area contributed by atoms with E-state index in [4.69, 9.17) is 35.3 Å². The SMILES string of the molecule is COc1cc(COc2c(Cl)cc(/C=C3/C(=O)NC(=O)N(c4ccc(OCc5ccccc5)cc4)C3=O)cc2OC)ccc1OCc1ccccc1. The van der Waals surface area contributed by atoms with Gasteiger partial charge in [0, 0.05) is 0 Å². The largest absolute Gasteiger partial charge is 0.493 e. The molecule has 1 N–H and O–H groups in total. The lowest BCUT2D eigenvalue weighted by Crippen LogP contribution is -2.54. The maximum atomic E-state index is 13.5. The Hall–Kier alpha value is -6.26. The van der Waals surface area contributed by atoms with Gasteiger partial charge in [-0.05, 0) is 76.9 Å². The fourth-order valence-corrected chi connectivity index (χ4v) is 5.54. The third-order valence-corrected chi connectivity index (χ3v) is 8.14. The van der Waals surface area contributed by atoms with Gasteiger partial charge in [-0.1, -0.05) is 78.3 Å². The molecule has 1 heterocycles. The summed E-state index contributed by atoms with van der Waals surface area (Å²) in [5.74, 6) is 0.563. The predicted octanol–water partition coefficient (Wildman–Crippen LogP) is 7.76. The normalized spacial score (nSPS) is 13.5. The number of anilines is 1. The van der Waals surface area contributed by atoms with Crippen LogP contribution < -0.4 is 33.9 Å². The Morgan fingerprint density at radius 3 is 1.92 bits per heavy atom. The molecule has 5 aromatic rings. The van der Waals surface area contributed by atoms with E-state index in [2.05, 4.69) is 5.32 Å². The van der Waals surface area contributed by atoms with Crippen LogP contribution in [-0.4, -0.2) is 32.1 Å². The van der Waals surface area contributed by atoms with Crippen LogP contribution in [-0.2, 0) is 29.4 Å². The molecule has 0 saturated carbocycles. The zero-order valence-corrected chi connectivity index (χ0v) is 28.5. The summed E-state index contributed by atoms with van der Waals surface area (Å²) in [7, 11) is 3.01. The summed E-state index contributed by atoms with van der Waals surface area (Å²) in [6.45, 7) is 0.870. The van der Waals surface area contributed by atoms with E-state index in [0.717, 1.165) is 21.6 Å². The highest BCUT2D eigenvalue weighted by Gasteiger charge is 2.37. The van der Waals surface area contributed by atoms with Crippen molar-refractivity contribution in [2.24, 2.45) is 0 Å². The Bertz CT molecular complexity index is 2070. The van der Waals surface area contributed by atoms with Crippen LogP contribution in [0, 0.1) is 0 Å². The van der Waals surface area contributed by atoms with Gasteiger partial charge in [0.15, 0.2) is 23.0 Å². The number of benzene rings is 5. The van der Waals surface area contributed by atoms with E-state index >= 15 is 0 Å². The highest BCUT2D eigenvalue weighted by atomic mass is 35.5. The number of barbiturate groups is 1. The first-order chi connectivity index (χ1) is 24.8. The van der Waals surface area contributed by atoms with Crippen molar-refractivity contribution in [2.75, 3.05) is 19.1 Å². The Morgan fingerprint density at radius 1 is 0.647 bits per heavy atom.